The van der Waals surface area contributed by atoms with Crippen LogP contribution < -0.4 is 5.73 Å². The minimum absolute atomic E-state index is 0.0308. The Hall–Kier alpha value is -1.78. The number of hydrogen-bond acceptors (Lipinski definition) is 4. The quantitative estimate of drug-likeness (QED) is 0.720. The number of aliphatic hydroxyl groups is 2. The van der Waals surface area contributed by atoms with Gasteiger partial charge in [-0.25, -0.2) is 0 Å². The molecule has 4 N–H and O–H groups in total. The molecule has 1 rings (SSSR count). The van der Waals surface area contributed by atoms with E-state index >= 15 is 0 Å². The van der Waals surface area contributed by atoms with Gasteiger partial charge in [0.2, 0.25) is 0 Å². The van der Waals surface area contributed by atoms with Gasteiger partial charge in [-0.1, -0.05) is 6.07 Å². The van der Waals surface area contributed by atoms with Crippen LogP contribution in [-0.4, -0.2) is 16.3 Å². The molecule has 0 spiro atoms. The summed E-state index contributed by atoms with van der Waals surface area (Å²) in [6.07, 6.45) is -7.72. The first kappa shape index (κ1) is 14.3. The minimum Gasteiger partial charge on any atom is -0.398 e. The van der Waals surface area contributed by atoms with Crippen LogP contribution in [0.15, 0.2) is 18.2 Å². The molecule has 0 amide bonds. The van der Waals surface area contributed by atoms with Crippen LogP contribution in [0.5, 0.6) is 0 Å². The summed E-state index contributed by atoms with van der Waals surface area (Å²) < 4.78 is 37.3. The molecule has 98 valence electrons. The Morgan fingerprint density at radius 2 is 1.94 bits per heavy atom. The average molecular weight is 260 g/mol. The van der Waals surface area contributed by atoms with Gasteiger partial charge in [-0.3, -0.25) is 0 Å². The first-order chi connectivity index (χ1) is 8.27. The van der Waals surface area contributed by atoms with Crippen LogP contribution in [0.1, 0.15) is 23.7 Å². The van der Waals surface area contributed by atoms with E-state index < -0.39 is 29.6 Å². The fourth-order valence-corrected chi connectivity index (χ4v) is 1.45. The highest BCUT2D eigenvalue weighted by atomic mass is 19.4. The molecule has 0 bridgehead atoms. The van der Waals surface area contributed by atoms with Crippen LogP contribution in [0.3, 0.4) is 0 Å². The summed E-state index contributed by atoms with van der Waals surface area (Å²) in [7, 11) is 0. The fourth-order valence-electron chi connectivity index (χ4n) is 1.45. The highest BCUT2D eigenvalue weighted by molar-refractivity contribution is 5.51. The summed E-state index contributed by atoms with van der Waals surface area (Å²) in [5.74, 6) is 0. The molecule has 18 heavy (non-hydrogen) atoms. The third kappa shape index (κ3) is 3.12. The summed E-state index contributed by atoms with van der Waals surface area (Å²) in [6, 6.07) is 4.33. The van der Waals surface area contributed by atoms with Crippen molar-refractivity contribution in [2.24, 2.45) is 0 Å². The number of anilines is 1. The Bertz CT molecular complexity index is 468. The summed E-state index contributed by atoms with van der Waals surface area (Å²) >= 11 is 0. The number of nitrogen functional groups attached to an aromatic ring is 1. The van der Waals surface area contributed by atoms with Gasteiger partial charge in [-0.05, 0) is 17.7 Å². The van der Waals surface area contributed by atoms with E-state index in [-0.39, 0.29) is 12.0 Å². The molecule has 0 saturated heterocycles. The average Bonchev–Trinajstić information content (AvgIpc) is 2.26. The molecule has 0 saturated carbocycles. The van der Waals surface area contributed by atoms with Crippen LogP contribution in [0, 0.1) is 11.3 Å². The molecule has 0 aromatic heterocycles. The first-order valence-corrected chi connectivity index (χ1v) is 4.97. The molecule has 0 aliphatic rings. The number of aliphatic hydroxyl groups excluding tert-OH is 2. The lowest BCUT2D eigenvalue weighted by Gasteiger charge is -2.17. The van der Waals surface area contributed by atoms with Crippen LogP contribution in [-0.2, 0) is 6.18 Å². The van der Waals surface area contributed by atoms with Gasteiger partial charge in [0.25, 0.3) is 0 Å². The topological polar surface area (TPSA) is 90.3 Å². The van der Waals surface area contributed by atoms with Crippen LogP contribution in [0.2, 0.25) is 0 Å². The fraction of sp³-hybridized carbons (Fsp3) is 0.364. The zero-order valence-electron chi connectivity index (χ0n) is 9.15. The molecule has 7 heteroatoms. The molecule has 0 radical (unpaired) electrons. The van der Waals surface area contributed by atoms with Gasteiger partial charge in [-0.15, -0.1) is 0 Å². The number of nitriles is 1. The molecule has 1 aromatic rings. The largest absolute Gasteiger partial charge is 0.418 e. The van der Waals surface area contributed by atoms with Crippen molar-refractivity contribution in [2.75, 3.05) is 5.73 Å². The Labute approximate surface area is 101 Å². The van der Waals surface area contributed by atoms with Crippen molar-refractivity contribution in [1.29, 1.82) is 5.26 Å². The molecular formula is C11H11F3N2O2. The van der Waals surface area contributed by atoms with Crippen molar-refractivity contribution in [3.63, 3.8) is 0 Å². The monoisotopic (exact) mass is 260 g/mol. The number of hydrogen-bond donors (Lipinski definition) is 3. The van der Waals surface area contributed by atoms with Gasteiger partial charge in [0.1, 0.15) is 6.10 Å². The standard InChI is InChI=1S/C11H11F3N2O2/c12-11(13,14)7-2-1-6(5-8(7)16)10(18)9(17)3-4-15/h1-2,5,9-10,17-18H,3,16H2. The van der Waals surface area contributed by atoms with Gasteiger partial charge >= 0.3 is 6.18 Å². The normalized spacial score (nSPS) is 14.9. The molecule has 0 aliphatic carbocycles. The second kappa shape index (κ2) is 5.25. The van der Waals surface area contributed by atoms with E-state index in [0.717, 1.165) is 18.2 Å². The maximum absolute atomic E-state index is 12.4. The molecule has 0 aliphatic heterocycles. The summed E-state index contributed by atoms with van der Waals surface area (Å²) in [4.78, 5) is 0. The number of alkyl halides is 3. The molecule has 0 heterocycles. The number of nitrogens with two attached hydrogens (primary N) is 1. The zero-order chi connectivity index (χ0) is 13.9. The molecule has 4 nitrogen and oxygen atoms in total. The second-order valence-electron chi connectivity index (χ2n) is 3.72. The lowest BCUT2D eigenvalue weighted by Crippen LogP contribution is -2.18. The maximum atomic E-state index is 12.4. The van der Waals surface area contributed by atoms with Crippen molar-refractivity contribution in [3.05, 3.63) is 29.3 Å². The molecule has 1 aromatic carbocycles. The number of nitrogens with zero attached hydrogens (tertiary/aromatic N) is 1. The Balaban J connectivity index is 3.02. The zero-order valence-corrected chi connectivity index (χ0v) is 9.15. The number of rotatable bonds is 3. The van der Waals surface area contributed by atoms with Crippen molar-refractivity contribution in [3.8, 4) is 6.07 Å². The lowest BCUT2D eigenvalue weighted by molar-refractivity contribution is -0.136. The van der Waals surface area contributed by atoms with Gasteiger partial charge < -0.3 is 15.9 Å². The highest BCUT2D eigenvalue weighted by Gasteiger charge is 2.33. The van der Waals surface area contributed by atoms with E-state index in [1.807, 2.05) is 0 Å². The van der Waals surface area contributed by atoms with Crippen molar-refractivity contribution in [2.45, 2.75) is 24.8 Å². The minimum atomic E-state index is -4.57. The molecule has 2 atom stereocenters. The summed E-state index contributed by atoms with van der Waals surface area (Å²) in [5.41, 5.74) is 3.73. The van der Waals surface area contributed by atoms with E-state index in [2.05, 4.69) is 0 Å². The smallest absolute Gasteiger partial charge is 0.398 e. The van der Waals surface area contributed by atoms with Crippen molar-refractivity contribution in [1.82, 2.24) is 0 Å². The Morgan fingerprint density at radius 1 is 1.33 bits per heavy atom. The van der Waals surface area contributed by atoms with E-state index in [1.165, 1.54) is 0 Å². The summed E-state index contributed by atoms with van der Waals surface area (Å²) in [5, 5.41) is 27.3. The van der Waals surface area contributed by atoms with Crippen LogP contribution in [0.25, 0.3) is 0 Å². The molecule has 2 unspecified atom stereocenters. The second-order valence-corrected chi connectivity index (χ2v) is 3.72. The number of halogens is 3. The number of benzene rings is 1. The van der Waals surface area contributed by atoms with Gasteiger partial charge in [0.15, 0.2) is 0 Å². The van der Waals surface area contributed by atoms with E-state index in [1.54, 1.807) is 6.07 Å². The highest BCUT2D eigenvalue weighted by Crippen LogP contribution is 2.35. The SMILES string of the molecule is N#CCC(O)C(O)c1ccc(C(F)(F)F)c(N)c1. The predicted octanol–water partition coefficient (Wildman–Crippen LogP) is 1.60. The lowest BCUT2D eigenvalue weighted by atomic mass is 10.00. The van der Waals surface area contributed by atoms with Crippen LogP contribution in [0.4, 0.5) is 18.9 Å². The van der Waals surface area contributed by atoms with Crippen LogP contribution >= 0.6 is 0 Å². The van der Waals surface area contributed by atoms with E-state index in [4.69, 9.17) is 11.0 Å². The van der Waals surface area contributed by atoms with E-state index in [0.29, 0.717) is 0 Å². The molecule has 0 fully saturated rings. The van der Waals surface area contributed by atoms with E-state index in [9.17, 15) is 23.4 Å². The Morgan fingerprint density at radius 3 is 2.39 bits per heavy atom. The van der Waals surface area contributed by atoms with Gasteiger partial charge in [-0.2, -0.15) is 18.4 Å². The first-order valence-electron chi connectivity index (χ1n) is 4.97. The molecular weight excluding hydrogens is 249 g/mol. The Kier molecular flexibility index (Phi) is 4.16. The predicted molar refractivity (Wildman–Crippen MR) is 57.1 cm³/mol. The summed E-state index contributed by atoms with van der Waals surface area (Å²) in [6.45, 7) is 0. The maximum Gasteiger partial charge on any atom is 0.418 e. The third-order valence-electron chi connectivity index (χ3n) is 2.39. The van der Waals surface area contributed by atoms with Gasteiger partial charge in [0, 0.05) is 5.69 Å². The van der Waals surface area contributed by atoms with Crippen molar-refractivity contribution < 1.29 is 23.4 Å². The third-order valence-corrected chi connectivity index (χ3v) is 2.39. The van der Waals surface area contributed by atoms with Crippen molar-refractivity contribution >= 4 is 5.69 Å². The van der Waals surface area contributed by atoms with Gasteiger partial charge in [0.05, 0.1) is 24.2 Å².